The summed E-state index contributed by atoms with van der Waals surface area (Å²) in [6, 6.07) is 0. The molecule has 0 radical (unpaired) electrons. The van der Waals surface area contributed by atoms with Crippen molar-refractivity contribution in [3.63, 3.8) is 0 Å². The summed E-state index contributed by atoms with van der Waals surface area (Å²) in [5, 5.41) is 13.4. The van der Waals surface area contributed by atoms with Crippen LogP contribution in [-0.2, 0) is 11.8 Å². The predicted octanol–water partition coefficient (Wildman–Crippen LogP) is 1.91. The van der Waals surface area contributed by atoms with Gasteiger partial charge in [-0.3, -0.25) is 4.68 Å². The smallest absolute Gasteiger partial charge is 0.381 e. The third kappa shape index (κ3) is 2.67. The van der Waals surface area contributed by atoms with Crippen molar-refractivity contribution in [3.8, 4) is 0 Å². The topological polar surface area (TPSA) is 47.3 Å². The van der Waals surface area contributed by atoms with Crippen molar-refractivity contribution >= 4 is 0 Å². The fourth-order valence-electron chi connectivity index (χ4n) is 2.20. The fourth-order valence-corrected chi connectivity index (χ4v) is 2.20. The molecule has 1 aromatic rings. The number of hydrogen-bond acceptors (Lipinski definition) is 3. The summed E-state index contributed by atoms with van der Waals surface area (Å²) in [7, 11) is 1.55. The van der Waals surface area contributed by atoms with Crippen molar-refractivity contribution in [1.82, 2.24) is 9.78 Å². The Hall–Kier alpha value is -1.08. The lowest BCUT2D eigenvalue weighted by molar-refractivity contribution is -0.207. The number of ether oxygens (including phenoxy) is 1. The van der Waals surface area contributed by atoms with Crippen LogP contribution in [0.3, 0.4) is 0 Å². The number of aliphatic hydroxyl groups is 1. The molecular formula is C11H15F3N2O2. The van der Waals surface area contributed by atoms with E-state index in [0.29, 0.717) is 31.7 Å². The summed E-state index contributed by atoms with van der Waals surface area (Å²) in [5.74, 6) is -0.0769. The first-order chi connectivity index (χ1) is 8.39. The molecule has 18 heavy (non-hydrogen) atoms. The number of halogens is 3. The first kappa shape index (κ1) is 13.4. The average Bonchev–Trinajstić information content (AvgIpc) is 2.70. The molecule has 1 aliphatic rings. The molecular weight excluding hydrogens is 249 g/mol. The summed E-state index contributed by atoms with van der Waals surface area (Å²) >= 11 is 0. The van der Waals surface area contributed by atoms with Crippen molar-refractivity contribution in [2.75, 3.05) is 13.2 Å². The van der Waals surface area contributed by atoms with Crippen LogP contribution in [0.2, 0.25) is 0 Å². The number of rotatable bonds is 2. The minimum atomic E-state index is -4.66. The zero-order valence-corrected chi connectivity index (χ0v) is 9.94. The van der Waals surface area contributed by atoms with E-state index in [9.17, 15) is 18.3 Å². The highest BCUT2D eigenvalue weighted by atomic mass is 19.4. The van der Waals surface area contributed by atoms with Crippen LogP contribution >= 0.6 is 0 Å². The Bertz CT molecular complexity index is 411. The van der Waals surface area contributed by atoms with Gasteiger partial charge in [-0.25, -0.2) is 0 Å². The Kier molecular flexibility index (Phi) is 3.63. The van der Waals surface area contributed by atoms with Crippen LogP contribution in [0, 0.1) is 0 Å². The molecule has 2 heterocycles. The summed E-state index contributed by atoms with van der Waals surface area (Å²) in [6.07, 6.45) is -4.63. The van der Waals surface area contributed by atoms with Gasteiger partial charge in [0.1, 0.15) is 0 Å². The lowest BCUT2D eigenvalue weighted by atomic mass is 9.92. The zero-order chi connectivity index (χ0) is 13.3. The quantitative estimate of drug-likeness (QED) is 0.887. The Morgan fingerprint density at radius 1 is 1.44 bits per heavy atom. The molecule has 1 saturated heterocycles. The van der Waals surface area contributed by atoms with E-state index in [-0.39, 0.29) is 11.5 Å². The van der Waals surface area contributed by atoms with Crippen LogP contribution in [0.1, 0.15) is 36.1 Å². The monoisotopic (exact) mass is 264 g/mol. The maximum Gasteiger partial charge on any atom is 0.418 e. The molecule has 4 nitrogen and oxygen atoms in total. The molecule has 0 aromatic carbocycles. The van der Waals surface area contributed by atoms with Crippen molar-refractivity contribution in [1.29, 1.82) is 0 Å². The van der Waals surface area contributed by atoms with Gasteiger partial charge in [0.25, 0.3) is 0 Å². The highest BCUT2D eigenvalue weighted by Gasteiger charge is 2.42. The third-order valence-electron chi connectivity index (χ3n) is 3.10. The second-order valence-corrected chi connectivity index (χ2v) is 4.47. The normalized spacial score (nSPS) is 20.1. The summed E-state index contributed by atoms with van der Waals surface area (Å²) in [5.41, 5.74) is 0.197. The summed E-state index contributed by atoms with van der Waals surface area (Å²) in [6.45, 7) is 1.03. The van der Waals surface area contributed by atoms with Crippen LogP contribution < -0.4 is 0 Å². The summed E-state index contributed by atoms with van der Waals surface area (Å²) in [4.78, 5) is 0. The van der Waals surface area contributed by atoms with E-state index in [1.807, 2.05) is 0 Å². The van der Waals surface area contributed by atoms with E-state index in [0.717, 1.165) is 0 Å². The third-order valence-corrected chi connectivity index (χ3v) is 3.10. The van der Waals surface area contributed by atoms with E-state index in [4.69, 9.17) is 4.74 Å². The molecule has 1 fully saturated rings. The second kappa shape index (κ2) is 4.89. The molecule has 0 bridgehead atoms. The van der Waals surface area contributed by atoms with Crippen molar-refractivity contribution in [3.05, 3.63) is 17.5 Å². The molecule has 0 aliphatic carbocycles. The molecule has 1 atom stereocenters. The van der Waals surface area contributed by atoms with Gasteiger partial charge < -0.3 is 9.84 Å². The van der Waals surface area contributed by atoms with Crippen LogP contribution in [0.25, 0.3) is 0 Å². The first-order valence-electron chi connectivity index (χ1n) is 5.75. The number of nitrogens with zero attached hydrogens (tertiary/aromatic N) is 2. The van der Waals surface area contributed by atoms with Crippen LogP contribution in [0.15, 0.2) is 6.20 Å². The van der Waals surface area contributed by atoms with E-state index in [2.05, 4.69) is 5.10 Å². The van der Waals surface area contributed by atoms with E-state index in [1.54, 1.807) is 7.05 Å². The molecule has 102 valence electrons. The van der Waals surface area contributed by atoms with Gasteiger partial charge in [-0.05, 0) is 12.8 Å². The summed E-state index contributed by atoms with van der Waals surface area (Å²) < 4.78 is 44.2. The minimum absolute atomic E-state index is 0.0769. The van der Waals surface area contributed by atoms with Gasteiger partial charge in [-0.1, -0.05) is 0 Å². The fraction of sp³-hybridized carbons (Fsp3) is 0.727. The van der Waals surface area contributed by atoms with E-state index >= 15 is 0 Å². The van der Waals surface area contributed by atoms with Crippen LogP contribution in [0.4, 0.5) is 13.2 Å². The minimum Gasteiger partial charge on any atom is -0.381 e. The van der Waals surface area contributed by atoms with Gasteiger partial charge in [-0.15, -0.1) is 0 Å². The predicted molar refractivity (Wildman–Crippen MR) is 57.0 cm³/mol. The highest BCUT2D eigenvalue weighted by molar-refractivity contribution is 5.25. The maximum atomic E-state index is 12.6. The van der Waals surface area contributed by atoms with Crippen molar-refractivity contribution < 1.29 is 23.0 Å². The van der Waals surface area contributed by atoms with Crippen LogP contribution in [-0.4, -0.2) is 34.3 Å². The molecule has 2 rings (SSSR count). The zero-order valence-electron chi connectivity index (χ0n) is 9.94. The van der Waals surface area contributed by atoms with Gasteiger partial charge in [0.15, 0.2) is 6.10 Å². The molecule has 1 aliphatic heterocycles. The van der Waals surface area contributed by atoms with Crippen LogP contribution in [0.5, 0.6) is 0 Å². The molecule has 0 spiro atoms. The molecule has 0 amide bonds. The van der Waals surface area contributed by atoms with Gasteiger partial charge in [-0.2, -0.15) is 18.3 Å². The lowest BCUT2D eigenvalue weighted by Gasteiger charge is -2.23. The van der Waals surface area contributed by atoms with Gasteiger partial charge >= 0.3 is 6.18 Å². The number of aliphatic hydroxyl groups excluding tert-OH is 1. The standard InChI is InChI=1S/C11H15F3N2O2/c1-16-6-8(10(17)11(12,13)14)9(15-16)7-2-4-18-5-3-7/h6-7,10,17H,2-5H2,1H3/t10-/m1/s1. The van der Waals surface area contributed by atoms with Crippen molar-refractivity contribution in [2.45, 2.75) is 31.0 Å². The lowest BCUT2D eigenvalue weighted by Crippen LogP contribution is -2.23. The van der Waals surface area contributed by atoms with Crippen molar-refractivity contribution in [2.24, 2.45) is 7.05 Å². The number of alkyl halides is 3. The Labute approximate surface area is 102 Å². The number of hydrogen-bond donors (Lipinski definition) is 1. The number of aryl methyl sites for hydroxylation is 1. The maximum absolute atomic E-state index is 12.6. The molecule has 0 unspecified atom stereocenters. The van der Waals surface area contributed by atoms with E-state index < -0.39 is 12.3 Å². The molecule has 1 N–H and O–H groups in total. The molecule has 0 saturated carbocycles. The molecule has 7 heteroatoms. The average molecular weight is 264 g/mol. The number of aromatic nitrogens is 2. The second-order valence-electron chi connectivity index (χ2n) is 4.47. The Balaban J connectivity index is 2.30. The Morgan fingerprint density at radius 3 is 2.61 bits per heavy atom. The Morgan fingerprint density at radius 2 is 2.06 bits per heavy atom. The van der Waals surface area contributed by atoms with Gasteiger partial charge in [0.05, 0.1) is 5.69 Å². The van der Waals surface area contributed by atoms with Gasteiger partial charge in [0.2, 0.25) is 0 Å². The molecule has 1 aromatic heterocycles. The largest absolute Gasteiger partial charge is 0.418 e. The van der Waals surface area contributed by atoms with Gasteiger partial charge in [0, 0.05) is 37.9 Å². The highest BCUT2D eigenvalue weighted by Crippen LogP contribution is 2.38. The first-order valence-corrected chi connectivity index (χ1v) is 5.75. The van der Waals surface area contributed by atoms with E-state index in [1.165, 1.54) is 10.9 Å². The SMILES string of the molecule is Cn1cc([C@@H](O)C(F)(F)F)c(C2CCOCC2)n1.